The maximum absolute atomic E-state index is 11.7. The zero-order chi connectivity index (χ0) is 16.8. The lowest BCUT2D eigenvalue weighted by Crippen LogP contribution is -2.39. The van der Waals surface area contributed by atoms with Crippen molar-refractivity contribution in [1.82, 2.24) is 10.8 Å². The van der Waals surface area contributed by atoms with Crippen LogP contribution >= 0.6 is 0 Å². The molecule has 1 rings (SSSR count). The van der Waals surface area contributed by atoms with Gasteiger partial charge in [0.15, 0.2) is 0 Å². The summed E-state index contributed by atoms with van der Waals surface area (Å²) in [7, 11) is 0. The summed E-state index contributed by atoms with van der Waals surface area (Å²) in [4.78, 5) is 22.7. The third-order valence-corrected chi connectivity index (χ3v) is 3.44. The summed E-state index contributed by atoms with van der Waals surface area (Å²) in [5, 5.41) is 11.2. The third-order valence-electron chi connectivity index (χ3n) is 3.44. The molecule has 22 heavy (non-hydrogen) atoms. The topological polar surface area (TPSA) is 104 Å². The summed E-state index contributed by atoms with van der Waals surface area (Å²) < 4.78 is 0. The Kier molecular flexibility index (Phi) is 6.52. The summed E-state index contributed by atoms with van der Waals surface area (Å²) in [5.74, 6) is -0.869. The van der Waals surface area contributed by atoms with E-state index in [1.807, 2.05) is 12.1 Å². The van der Waals surface area contributed by atoms with Gasteiger partial charge in [0, 0.05) is 13.0 Å². The van der Waals surface area contributed by atoms with Gasteiger partial charge in [0.2, 0.25) is 5.91 Å². The Morgan fingerprint density at radius 3 is 2.32 bits per heavy atom. The average Bonchev–Trinajstić information content (AvgIpc) is 2.49. The first-order valence-electron chi connectivity index (χ1n) is 7.29. The maximum Gasteiger partial charge on any atom is 0.260 e. The van der Waals surface area contributed by atoms with E-state index in [-0.39, 0.29) is 24.2 Å². The van der Waals surface area contributed by atoms with Crippen molar-refractivity contribution in [2.45, 2.75) is 51.6 Å². The van der Waals surface area contributed by atoms with Crippen molar-refractivity contribution >= 4 is 11.8 Å². The van der Waals surface area contributed by atoms with Crippen LogP contribution in [-0.2, 0) is 21.5 Å². The molecule has 0 spiro atoms. The van der Waals surface area contributed by atoms with E-state index in [9.17, 15) is 9.59 Å². The van der Waals surface area contributed by atoms with Gasteiger partial charge in [-0.1, -0.05) is 45.0 Å². The van der Waals surface area contributed by atoms with Crippen molar-refractivity contribution < 1.29 is 14.8 Å². The molecule has 0 saturated heterocycles. The van der Waals surface area contributed by atoms with E-state index in [4.69, 9.17) is 10.9 Å². The molecule has 1 unspecified atom stereocenters. The Labute approximate surface area is 131 Å². The molecule has 2 amide bonds. The summed E-state index contributed by atoms with van der Waals surface area (Å²) in [6.45, 7) is 6.88. The van der Waals surface area contributed by atoms with Gasteiger partial charge in [-0.05, 0) is 23.0 Å². The predicted molar refractivity (Wildman–Crippen MR) is 84.1 cm³/mol. The highest BCUT2D eigenvalue weighted by atomic mass is 16.5. The molecule has 6 heteroatoms. The van der Waals surface area contributed by atoms with Gasteiger partial charge in [0.25, 0.3) is 5.91 Å². The molecule has 0 aromatic heterocycles. The fraction of sp³-hybridized carbons (Fsp3) is 0.500. The predicted octanol–water partition coefficient (Wildman–Crippen LogP) is 1.21. The van der Waals surface area contributed by atoms with Crippen LogP contribution < -0.4 is 16.5 Å². The SMILES string of the molecule is CC(C)(C)c1ccc(CNC(=O)CCC(N)C(=O)NO)cc1. The van der Waals surface area contributed by atoms with E-state index >= 15 is 0 Å². The van der Waals surface area contributed by atoms with Crippen LogP contribution in [0, 0.1) is 0 Å². The Morgan fingerprint density at radius 1 is 1.23 bits per heavy atom. The lowest BCUT2D eigenvalue weighted by molar-refractivity contribution is -0.130. The largest absolute Gasteiger partial charge is 0.352 e. The first-order valence-corrected chi connectivity index (χ1v) is 7.29. The molecule has 0 heterocycles. The number of nitrogens with two attached hydrogens (primary N) is 1. The molecule has 1 aromatic rings. The number of benzene rings is 1. The second kappa shape index (κ2) is 7.91. The molecule has 0 bridgehead atoms. The van der Waals surface area contributed by atoms with E-state index < -0.39 is 11.9 Å². The number of nitrogens with one attached hydrogen (secondary N) is 2. The van der Waals surface area contributed by atoms with E-state index in [2.05, 4.69) is 38.2 Å². The van der Waals surface area contributed by atoms with Gasteiger partial charge in [-0.25, -0.2) is 5.48 Å². The molecule has 0 aliphatic carbocycles. The highest BCUT2D eigenvalue weighted by molar-refractivity contribution is 5.82. The molecule has 1 aromatic carbocycles. The van der Waals surface area contributed by atoms with Crippen LogP contribution in [0.25, 0.3) is 0 Å². The highest BCUT2D eigenvalue weighted by Crippen LogP contribution is 2.22. The standard InChI is InChI=1S/C16H25N3O3/c1-16(2,3)12-6-4-11(5-7-12)10-18-14(20)9-8-13(17)15(21)19-22/h4-7,13,22H,8-10,17H2,1-3H3,(H,18,20)(H,19,21). The number of amides is 2. The lowest BCUT2D eigenvalue weighted by Gasteiger charge is -2.19. The van der Waals surface area contributed by atoms with Gasteiger partial charge in [-0.3, -0.25) is 14.8 Å². The fourth-order valence-electron chi connectivity index (χ4n) is 1.91. The van der Waals surface area contributed by atoms with Gasteiger partial charge in [-0.15, -0.1) is 0 Å². The molecule has 1 atom stereocenters. The number of hydroxylamine groups is 1. The average molecular weight is 307 g/mol. The number of hydrogen-bond donors (Lipinski definition) is 4. The Hall–Kier alpha value is -1.92. The number of rotatable bonds is 6. The van der Waals surface area contributed by atoms with Gasteiger partial charge in [0.05, 0.1) is 6.04 Å². The van der Waals surface area contributed by atoms with Crippen LogP contribution in [-0.4, -0.2) is 23.1 Å². The van der Waals surface area contributed by atoms with Gasteiger partial charge >= 0.3 is 0 Å². The van der Waals surface area contributed by atoms with Gasteiger partial charge in [0.1, 0.15) is 0 Å². The van der Waals surface area contributed by atoms with E-state index in [1.165, 1.54) is 11.0 Å². The molecule has 6 nitrogen and oxygen atoms in total. The quantitative estimate of drug-likeness (QED) is 0.468. The molecular formula is C16H25N3O3. The summed E-state index contributed by atoms with van der Waals surface area (Å²) in [6.07, 6.45) is 0.315. The summed E-state index contributed by atoms with van der Waals surface area (Å²) >= 11 is 0. The van der Waals surface area contributed by atoms with Crippen LogP contribution in [0.4, 0.5) is 0 Å². The van der Waals surface area contributed by atoms with Crippen molar-refractivity contribution in [3.05, 3.63) is 35.4 Å². The molecule has 0 fully saturated rings. The Bertz CT molecular complexity index is 506. The smallest absolute Gasteiger partial charge is 0.260 e. The molecule has 0 aliphatic rings. The Morgan fingerprint density at radius 2 is 1.82 bits per heavy atom. The van der Waals surface area contributed by atoms with Crippen LogP contribution in [0.5, 0.6) is 0 Å². The zero-order valence-corrected chi connectivity index (χ0v) is 13.3. The van der Waals surface area contributed by atoms with Crippen molar-refractivity contribution in [1.29, 1.82) is 0 Å². The minimum absolute atomic E-state index is 0.102. The fourth-order valence-corrected chi connectivity index (χ4v) is 1.91. The van der Waals surface area contributed by atoms with Crippen LogP contribution in [0.15, 0.2) is 24.3 Å². The molecular weight excluding hydrogens is 282 g/mol. The number of hydrogen-bond acceptors (Lipinski definition) is 4. The van der Waals surface area contributed by atoms with Crippen LogP contribution in [0.2, 0.25) is 0 Å². The molecule has 122 valence electrons. The zero-order valence-electron chi connectivity index (χ0n) is 13.3. The van der Waals surface area contributed by atoms with E-state index in [0.29, 0.717) is 6.54 Å². The van der Waals surface area contributed by atoms with Crippen molar-refractivity contribution in [2.24, 2.45) is 5.73 Å². The lowest BCUT2D eigenvalue weighted by atomic mass is 9.87. The monoisotopic (exact) mass is 307 g/mol. The second-order valence-electron chi connectivity index (χ2n) is 6.34. The first kappa shape index (κ1) is 18.1. The van der Waals surface area contributed by atoms with Crippen LogP contribution in [0.1, 0.15) is 44.7 Å². The number of carbonyl (C=O) groups excluding carboxylic acids is 2. The third kappa shape index (κ3) is 5.83. The highest BCUT2D eigenvalue weighted by Gasteiger charge is 2.15. The van der Waals surface area contributed by atoms with Crippen LogP contribution in [0.3, 0.4) is 0 Å². The first-order chi connectivity index (χ1) is 10.2. The molecule has 5 N–H and O–H groups in total. The van der Waals surface area contributed by atoms with E-state index in [0.717, 1.165) is 5.56 Å². The number of carbonyl (C=O) groups is 2. The summed E-state index contributed by atoms with van der Waals surface area (Å²) in [5.41, 5.74) is 9.31. The van der Waals surface area contributed by atoms with Gasteiger partial charge < -0.3 is 11.1 Å². The molecule has 0 saturated carbocycles. The van der Waals surface area contributed by atoms with Crippen molar-refractivity contribution in [2.75, 3.05) is 0 Å². The minimum Gasteiger partial charge on any atom is -0.352 e. The molecule has 0 aliphatic heterocycles. The normalized spacial score (nSPS) is 12.6. The van der Waals surface area contributed by atoms with Crippen molar-refractivity contribution in [3.8, 4) is 0 Å². The maximum atomic E-state index is 11.7. The van der Waals surface area contributed by atoms with E-state index in [1.54, 1.807) is 0 Å². The second-order valence-corrected chi connectivity index (χ2v) is 6.34. The Balaban J connectivity index is 2.40. The molecule has 0 radical (unpaired) electrons. The van der Waals surface area contributed by atoms with Crippen molar-refractivity contribution in [3.63, 3.8) is 0 Å². The van der Waals surface area contributed by atoms with Gasteiger partial charge in [-0.2, -0.15) is 0 Å². The summed E-state index contributed by atoms with van der Waals surface area (Å²) in [6, 6.07) is 7.21. The minimum atomic E-state index is -0.887.